The van der Waals surface area contributed by atoms with Crippen molar-refractivity contribution in [1.29, 1.82) is 0 Å². The third-order valence-corrected chi connectivity index (χ3v) is 11.1. The standard InChI is InChI=1S/C9H26N2O12P4S/c1-11(2,28)5-3-4-10(6-8(24(12,13)14)25(15,16)17)7-9(26(18,19)20)27(21,22)23/h8-9,28H,3-7H2,1-2H3,(H7-,12,13,14,15,16,17,18,19,20,21,22,23)/p+1. The van der Waals surface area contributed by atoms with Crippen LogP contribution in [0.2, 0.25) is 0 Å². The summed E-state index contributed by atoms with van der Waals surface area (Å²) in [4.78, 5) is 74.7. The maximum atomic E-state index is 11.5. The molecule has 0 aliphatic rings. The van der Waals surface area contributed by atoms with Gasteiger partial charge < -0.3 is 39.1 Å². The highest BCUT2D eigenvalue weighted by atomic mass is 32.1. The molecule has 0 saturated heterocycles. The normalized spacial score (nSPS) is 15.1. The maximum absolute atomic E-state index is 11.5. The second-order valence-electron chi connectivity index (χ2n) is 6.78. The zero-order valence-electron chi connectivity index (χ0n) is 15.0. The van der Waals surface area contributed by atoms with Crippen LogP contribution in [0, 0.1) is 0 Å². The Morgan fingerprint density at radius 3 is 1.25 bits per heavy atom. The van der Waals surface area contributed by atoms with E-state index in [1.165, 1.54) is 0 Å². The topological polar surface area (TPSA) is 233 Å². The molecule has 0 atom stereocenters. The van der Waals surface area contributed by atoms with Gasteiger partial charge >= 0.3 is 30.4 Å². The smallest absolute Gasteiger partial charge is 0.324 e. The minimum atomic E-state index is -5.35. The van der Waals surface area contributed by atoms with Crippen LogP contribution in [0.25, 0.3) is 0 Å². The molecule has 0 aromatic rings. The van der Waals surface area contributed by atoms with Crippen molar-refractivity contribution in [3.8, 4) is 0 Å². The lowest BCUT2D eigenvalue weighted by Gasteiger charge is -2.32. The first-order valence-electron chi connectivity index (χ1n) is 7.54. The lowest BCUT2D eigenvalue weighted by molar-refractivity contribution is -0.747. The van der Waals surface area contributed by atoms with Gasteiger partial charge in [-0.1, -0.05) is 0 Å². The molecule has 0 rings (SSSR count). The van der Waals surface area contributed by atoms with Crippen molar-refractivity contribution in [2.24, 2.45) is 0 Å². The van der Waals surface area contributed by atoms with Crippen molar-refractivity contribution in [2.45, 2.75) is 17.2 Å². The molecular formula is C9H27N2O12P4S+. The van der Waals surface area contributed by atoms with Crippen LogP contribution >= 0.6 is 43.2 Å². The van der Waals surface area contributed by atoms with E-state index in [0.29, 0.717) is 6.54 Å². The predicted molar refractivity (Wildman–Crippen MR) is 103 cm³/mol. The van der Waals surface area contributed by atoms with E-state index in [9.17, 15) is 57.4 Å². The second kappa shape index (κ2) is 9.99. The van der Waals surface area contributed by atoms with Crippen LogP contribution in [0.1, 0.15) is 6.42 Å². The van der Waals surface area contributed by atoms with Crippen LogP contribution in [0.15, 0.2) is 0 Å². The molecule has 0 heterocycles. The summed E-state index contributed by atoms with van der Waals surface area (Å²) < 4.78 is 46.1. The lowest BCUT2D eigenvalue weighted by atomic mass is 10.3. The number of quaternary nitrogens is 1. The monoisotopic (exact) mass is 511 g/mol. The molecule has 0 aromatic heterocycles. The van der Waals surface area contributed by atoms with Crippen molar-refractivity contribution in [2.75, 3.05) is 40.3 Å². The van der Waals surface area contributed by atoms with Crippen LogP contribution in [-0.4, -0.2) is 99.0 Å². The average Bonchev–Trinajstić information content (AvgIpc) is 2.33. The van der Waals surface area contributed by atoms with Gasteiger partial charge in [0.15, 0.2) is 10.8 Å². The fourth-order valence-corrected chi connectivity index (χ4v) is 7.27. The van der Waals surface area contributed by atoms with Crippen LogP contribution in [0.3, 0.4) is 0 Å². The molecule has 28 heavy (non-hydrogen) atoms. The Hall–Kier alpha value is 0.870. The number of hydrogen-bond acceptors (Lipinski definition) is 6. The Balaban J connectivity index is 5.80. The van der Waals surface area contributed by atoms with E-state index >= 15 is 0 Å². The summed E-state index contributed by atoms with van der Waals surface area (Å²) in [7, 11) is -18.1. The van der Waals surface area contributed by atoms with Gasteiger partial charge in [0, 0.05) is 26.1 Å². The molecule has 14 nitrogen and oxygen atoms in total. The first-order chi connectivity index (χ1) is 12.0. The highest BCUT2D eigenvalue weighted by Crippen LogP contribution is 2.62. The molecule has 19 heteroatoms. The van der Waals surface area contributed by atoms with Gasteiger partial charge in [-0.3, -0.25) is 27.0 Å². The fourth-order valence-electron chi connectivity index (χ4n) is 2.22. The van der Waals surface area contributed by atoms with Gasteiger partial charge in [0.2, 0.25) is 0 Å². The molecule has 0 saturated carbocycles. The average molecular weight is 511 g/mol. The molecule has 0 unspecified atom stereocenters. The fraction of sp³-hybridized carbons (Fsp3) is 1.00. The minimum Gasteiger partial charge on any atom is -0.324 e. The summed E-state index contributed by atoms with van der Waals surface area (Å²) in [6.45, 7) is -1.96. The Bertz CT molecular complexity index is 610. The second-order valence-corrected chi connectivity index (χ2v) is 15.9. The van der Waals surface area contributed by atoms with Crippen molar-refractivity contribution < 1.29 is 61.3 Å². The van der Waals surface area contributed by atoms with E-state index in [1.54, 1.807) is 14.1 Å². The van der Waals surface area contributed by atoms with Crippen molar-refractivity contribution >= 4 is 43.2 Å². The molecule has 170 valence electrons. The molecule has 0 radical (unpaired) electrons. The Morgan fingerprint density at radius 1 is 0.750 bits per heavy atom. The quantitative estimate of drug-likeness (QED) is 0.0867. The predicted octanol–water partition coefficient (Wildman–Crippen LogP) is -1.04. The molecule has 0 bridgehead atoms. The minimum absolute atomic E-state index is 0.134. The zero-order valence-corrected chi connectivity index (χ0v) is 19.5. The van der Waals surface area contributed by atoms with E-state index in [-0.39, 0.29) is 16.9 Å². The van der Waals surface area contributed by atoms with Crippen molar-refractivity contribution in [3.63, 3.8) is 0 Å². The van der Waals surface area contributed by atoms with Gasteiger partial charge in [-0.2, -0.15) is 0 Å². The van der Waals surface area contributed by atoms with Gasteiger partial charge in [0.05, 0.1) is 33.5 Å². The SMILES string of the molecule is C[N+](C)(S)CCCN(CC(P(=O)(O)O)P(=O)(O)O)CC(P(=O)(O)O)P(=O)(O)O. The van der Waals surface area contributed by atoms with Gasteiger partial charge in [-0.05, 0) is 0 Å². The zero-order chi connectivity index (χ0) is 22.8. The molecule has 0 amide bonds. The Labute approximate surface area is 167 Å². The van der Waals surface area contributed by atoms with Crippen LogP contribution < -0.4 is 0 Å². The summed E-state index contributed by atoms with van der Waals surface area (Å²) in [6.07, 6.45) is 0.181. The van der Waals surface area contributed by atoms with E-state index < -0.39 is 54.3 Å². The highest BCUT2D eigenvalue weighted by Gasteiger charge is 2.48. The van der Waals surface area contributed by atoms with E-state index in [0.717, 1.165) is 4.90 Å². The van der Waals surface area contributed by atoms with Gasteiger partial charge in [0.25, 0.3) is 0 Å². The third kappa shape index (κ3) is 11.3. The Morgan fingerprint density at radius 2 is 1.04 bits per heavy atom. The van der Waals surface area contributed by atoms with Crippen LogP contribution in [-0.2, 0) is 18.3 Å². The van der Waals surface area contributed by atoms with Crippen molar-refractivity contribution in [1.82, 2.24) is 4.90 Å². The van der Waals surface area contributed by atoms with E-state index in [4.69, 9.17) is 0 Å². The summed E-state index contributed by atoms with van der Waals surface area (Å²) in [5, 5.41) is -5.04. The molecule has 8 N–H and O–H groups in total. The van der Waals surface area contributed by atoms with Crippen LogP contribution in [0.5, 0.6) is 0 Å². The van der Waals surface area contributed by atoms with Gasteiger partial charge in [-0.15, -0.1) is 0 Å². The molecule has 0 aromatic carbocycles. The maximum Gasteiger partial charge on any atom is 0.342 e. The largest absolute Gasteiger partial charge is 0.342 e. The van der Waals surface area contributed by atoms with Crippen LogP contribution in [0.4, 0.5) is 0 Å². The van der Waals surface area contributed by atoms with Gasteiger partial charge in [-0.25, -0.2) is 0 Å². The number of nitrogens with zero attached hydrogens (tertiary/aromatic N) is 2. The van der Waals surface area contributed by atoms with E-state index in [1.807, 2.05) is 0 Å². The van der Waals surface area contributed by atoms with E-state index in [2.05, 4.69) is 12.8 Å². The number of rotatable bonds is 12. The number of hydrogen-bond donors (Lipinski definition) is 9. The lowest BCUT2D eigenvalue weighted by Crippen LogP contribution is -2.40. The Kier molecular flexibility index (Phi) is 10.3. The summed E-state index contributed by atoms with van der Waals surface area (Å²) in [5.41, 5.74) is 0. The van der Waals surface area contributed by atoms with Gasteiger partial charge in [0.1, 0.15) is 0 Å². The molecular weight excluding hydrogens is 484 g/mol. The third-order valence-electron chi connectivity index (χ3n) is 3.58. The number of thiol groups is 1. The summed E-state index contributed by atoms with van der Waals surface area (Å²) in [6, 6.07) is 0. The molecule has 0 fully saturated rings. The molecule has 0 spiro atoms. The summed E-state index contributed by atoms with van der Waals surface area (Å²) in [5.74, 6) is 0. The first kappa shape index (κ1) is 28.9. The summed E-state index contributed by atoms with van der Waals surface area (Å²) >= 11 is 4.20. The molecule has 0 aliphatic carbocycles. The first-order valence-corrected chi connectivity index (χ1v) is 14.7. The van der Waals surface area contributed by atoms with Crippen molar-refractivity contribution in [3.05, 3.63) is 0 Å². The molecule has 0 aliphatic heterocycles. The highest BCUT2D eigenvalue weighted by molar-refractivity contribution is 7.74.